The fourth-order valence-corrected chi connectivity index (χ4v) is 1.55. The zero-order valence-electron chi connectivity index (χ0n) is 8.57. The third-order valence-electron chi connectivity index (χ3n) is 1.96. The van der Waals surface area contributed by atoms with Crippen LogP contribution >= 0.6 is 11.6 Å². The molecule has 0 bridgehead atoms. The van der Waals surface area contributed by atoms with Crippen LogP contribution in [0.15, 0.2) is 40.8 Å². The molecule has 3 nitrogen and oxygen atoms in total. The number of halogens is 1. The van der Waals surface area contributed by atoms with E-state index >= 15 is 0 Å². The Bertz CT molecular complexity index is 516. The Morgan fingerprint density at radius 1 is 1.25 bits per heavy atom. The first-order valence-corrected chi connectivity index (χ1v) is 5.08. The summed E-state index contributed by atoms with van der Waals surface area (Å²) >= 11 is 6.01. The number of carbonyl (C=O) groups excluding carboxylic acids is 1. The summed E-state index contributed by atoms with van der Waals surface area (Å²) in [4.78, 5) is 10.7. The molecule has 2 rings (SSSR count). The molecular weight excluding hydrogens is 228 g/mol. The first-order valence-electron chi connectivity index (χ1n) is 4.70. The molecule has 82 valence electrons. The molecule has 0 aliphatic heterocycles. The van der Waals surface area contributed by atoms with Crippen LogP contribution in [0.25, 0.3) is 11.3 Å². The fraction of sp³-hybridized carbons (Fsp3) is 0.0833. The molecule has 0 unspecified atom stereocenters. The second kappa shape index (κ2) is 4.41. The van der Waals surface area contributed by atoms with E-state index in [1.165, 1.54) is 6.92 Å². The van der Waals surface area contributed by atoms with Crippen LogP contribution in [0.5, 0.6) is 5.95 Å². The summed E-state index contributed by atoms with van der Waals surface area (Å²) in [5, 5.41) is 0.589. The molecule has 0 aliphatic carbocycles. The van der Waals surface area contributed by atoms with Crippen molar-refractivity contribution < 1.29 is 13.9 Å². The topological polar surface area (TPSA) is 39.4 Å². The first-order chi connectivity index (χ1) is 7.66. The van der Waals surface area contributed by atoms with Gasteiger partial charge in [0.15, 0.2) is 0 Å². The van der Waals surface area contributed by atoms with Gasteiger partial charge < -0.3 is 9.15 Å². The second-order valence-electron chi connectivity index (χ2n) is 3.19. The normalized spacial score (nSPS) is 10.1. The van der Waals surface area contributed by atoms with E-state index in [2.05, 4.69) is 0 Å². The monoisotopic (exact) mass is 236 g/mol. The first kappa shape index (κ1) is 10.8. The van der Waals surface area contributed by atoms with Gasteiger partial charge in [0.05, 0.1) is 5.02 Å². The van der Waals surface area contributed by atoms with Gasteiger partial charge in [0, 0.05) is 18.6 Å². The molecule has 0 amide bonds. The Labute approximate surface area is 97.6 Å². The van der Waals surface area contributed by atoms with Gasteiger partial charge in [-0.15, -0.1) is 0 Å². The molecule has 4 heteroatoms. The van der Waals surface area contributed by atoms with Crippen LogP contribution in [0.4, 0.5) is 0 Å². The number of benzene rings is 1. The number of furan rings is 1. The van der Waals surface area contributed by atoms with Gasteiger partial charge in [-0.05, 0) is 18.2 Å². The van der Waals surface area contributed by atoms with Gasteiger partial charge >= 0.3 is 5.97 Å². The van der Waals surface area contributed by atoms with Crippen LogP contribution in [0.3, 0.4) is 0 Å². The lowest BCUT2D eigenvalue weighted by atomic mass is 10.2. The van der Waals surface area contributed by atoms with E-state index in [4.69, 9.17) is 20.8 Å². The third kappa shape index (κ3) is 2.25. The highest BCUT2D eigenvalue weighted by Crippen LogP contribution is 2.31. The van der Waals surface area contributed by atoms with Gasteiger partial charge in [-0.3, -0.25) is 4.79 Å². The molecule has 0 saturated carbocycles. The van der Waals surface area contributed by atoms with Crippen molar-refractivity contribution >= 4 is 17.6 Å². The summed E-state index contributed by atoms with van der Waals surface area (Å²) in [7, 11) is 0. The minimum absolute atomic E-state index is 0.169. The maximum absolute atomic E-state index is 10.7. The lowest BCUT2D eigenvalue weighted by molar-refractivity contribution is -0.133. The highest BCUT2D eigenvalue weighted by molar-refractivity contribution is 6.33. The van der Waals surface area contributed by atoms with Gasteiger partial charge in [-0.1, -0.05) is 23.7 Å². The van der Waals surface area contributed by atoms with E-state index in [-0.39, 0.29) is 5.95 Å². The zero-order valence-corrected chi connectivity index (χ0v) is 9.32. The molecule has 1 aromatic heterocycles. The lowest BCUT2D eigenvalue weighted by Gasteiger charge is -1.99. The Hall–Kier alpha value is -1.74. The fourth-order valence-electron chi connectivity index (χ4n) is 1.32. The Balaban J connectivity index is 2.32. The van der Waals surface area contributed by atoms with Crippen molar-refractivity contribution in [2.45, 2.75) is 6.92 Å². The van der Waals surface area contributed by atoms with Gasteiger partial charge in [0.2, 0.25) is 0 Å². The maximum atomic E-state index is 10.7. The number of rotatable bonds is 2. The van der Waals surface area contributed by atoms with Crippen molar-refractivity contribution in [3.63, 3.8) is 0 Å². The van der Waals surface area contributed by atoms with E-state index in [0.29, 0.717) is 10.8 Å². The number of esters is 1. The molecule has 0 saturated heterocycles. The van der Waals surface area contributed by atoms with Gasteiger partial charge in [-0.25, -0.2) is 0 Å². The van der Waals surface area contributed by atoms with Crippen LogP contribution in [0.2, 0.25) is 5.02 Å². The van der Waals surface area contributed by atoms with Crippen molar-refractivity contribution in [2.24, 2.45) is 0 Å². The second-order valence-corrected chi connectivity index (χ2v) is 3.60. The minimum atomic E-state index is -0.417. The van der Waals surface area contributed by atoms with Crippen molar-refractivity contribution in [1.82, 2.24) is 0 Å². The average molecular weight is 237 g/mol. The molecule has 0 spiro atoms. The predicted octanol–water partition coefficient (Wildman–Crippen LogP) is 3.53. The summed E-state index contributed by atoms with van der Waals surface area (Å²) in [6, 6.07) is 10.6. The van der Waals surface area contributed by atoms with Crippen molar-refractivity contribution in [2.75, 3.05) is 0 Å². The number of hydrogen-bond acceptors (Lipinski definition) is 3. The van der Waals surface area contributed by atoms with Gasteiger partial charge in [-0.2, -0.15) is 0 Å². The summed E-state index contributed by atoms with van der Waals surface area (Å²) in [6.45, 7) is 1.32. The Morgan fingerprint density at radius 2 is 2.00 bits per heavy atom. The Kier molecular flexibility index (Phi) is 2.97. The molecule has 16 heavy (non-hydrogen) atoms. The molecule has 2 aromatic rings. The summed E-state index contributed by atoms with van der Waals surface area (Å²) in [5.41, 5.74) is 0.766. The van der Waals surface area contributed by atoms with Gasteiger partial charge in [0.25, 0.3) is 5.95 Å². The highest BCUT2D eigenvalue weighted by atomic mass is 35.5. The predicted molar refractivity (Wildman–Crippen MR) is 60.5 cm³/mol. The third-order valence-corrected chi connectivity index (χ3v) is 2.29. The summed E-state index contributed by atoms with van der Waals surface area (Å²) in [6.07, 6.45) is 0. The standard InChI is InChI=1S/C12H9ClO3/c1-8(14)15-12-7-6-11(16-12)9-4-2-3-5-10(9)13/h2-7H,1H3. The minimum Gasteiger partial charge on any atom is -0.425 e. The van der Waals surface area contributed by atoms with E-state index in [9.17, 15) is 4.79 Å². The number of ether oxygens (including phenoxy) is 1. The molecule has 1 aromatic carbocycles. The lowest BCUT2D eigenvalue weighted by Crippen LogP contribution is -1.99. The summed E-state index contributed by atoms with van der Waals surface area (Å²) in [5.74, 6) is 0.323. The van der Waals surface area contributed by atoms with Crippen LogP contribution in [0.1, 0.15) is 6.92 Å². The molecule has 0 radical (unpaired) electrons. The smallest absolute Gasteiger partial charge is 0.310 e. The largest absolute Gasteiger partial charge is 0.425 e. The summed E-state index contributed by atoms with van der Waals surface area (Å²) < 4.78 is 10.1. The highest BCUT2D eigenvalue weighted by Gasteiger charge is 2.09. The average Bonchev–Trinajstić information content (AvgIpc) is 2.66. The molecule has 1 heterocycles. The number of carbonyl (C=O) groups is 1. The molecule has 0 fully saturated rings. The van der Waals surface area contributed by atoms with Crippen LogP contribution in [-0.2, 0) is 4.79 Å². The van der Waals surface area contributed by atoms with Crippen LogP contribution < -0.4 is 4.74 Å². The van der Waals surface area contributed by atoms with Gasteiger partial charge in [0.1, 0.15) is 5.76 Å². The van der Waals surface area contributed by atoms with E-state index in [0.717, 1.165) is 5.56 Å². The van der Waals surface area contributed by atoms with E-state index in [1.807, 2.05) is 18.2 Å². The molecular formula is C12H9ClO3. The van der Waals surface area contributed by atoms with Crippen molar-refractivity contribution in [3.05, 3.63) is 41.4 Å². The Morgan fingerprint density at radius 3 is 2.69 bits per heavy atom. The van der Waals surface area contributed by atoms with E-state index in [1.54, 1.807) is 18.2 Å². The number of hydrogen-bond donors (Lipinski definition) is 0. The SMILES string of the molecule is CC(=O)Oc1ccc(-c2ccccc2Cl)o1. The molecule has 0 N–H and O–H groups in total. The maximum Gasteiger partial charge on any atom is 0.310 e. The van der Waals surface area contributed by atoms with Crippen molar-refractivity contribution in [3.8, 4) is 17.3 Å². The van der Waals surface area contributed by atoms with Crippen LogP contribution in [-0.4, -0.2) is 5.97 Å². The zero-order chi connectivity index (χ0) is 11.5. The van der Waals surface area contributed by atoms with Crippen LogP contribution in [0, 0.1) is 0 Å². The quantitative estimate of drug-likeness (QED) is 0.749. The van der Waals surface area contributed by atoms with Crippen molar-refractivity contribution in [1.29, 1.82) is 0 Å². The molecule has 0 aliphatic rings. The van der Waals surface area contributed by atoms with E-state index < -0.39 is 5.97 Å². The molecule has 0 atom stereocenters.